The molecular formula is C23H23N5O4S. The van der Waals surface area contributed by atoms with E-state index < -0.39 is 12.0 Å². The molecule has 1 saturated heterocycles. The van der Waals surface area contributed by atoms with Crippen molar-refractivity contribution in [2.24, 2.45) is 0 Å². The van der Waals surface area contributed by atoms with Crippen molar-refractivity contribution in [3.8, 4) is 0 Å². The first-order chi connectivity index (χ1) is 16.0. The van der Waals surface area contributed by atoms with Gasteiger partial charge >= 0.3 is 12.0 Å². The van der Waals surface area contributed by atoms with Crippen LogP contribution in [0.4, 0.5) is 10.6 Å². The Morgan fingerprint density at radius 1 is 1.12 bits per heavy atom. The molecule has 3 amide bonds. The van der Waals surface area contributed by atoms with Gasteiger partial charge in [0.1, 0.15) is 10.6 Å². The minimum Gasteiger partial charge on any atom is -0.454 e. The van der Waals surface area contributed by atoms with Crippen LogP contribution in [0.15, 0.2) is 24.3 Å². The number of aryl methyl sites for hydroxylation is 2. The summed E-state index contributed by atoms with van der Waals surface area (Å²) in [7, 11) is 0. The number of nitrogens with one attached hydrogen (secondary N) is 1. The van der Waals surface area contributed by atoms with E-state index in [0.29, 0.717) is 17.2 Å². The smallest absolute Gasteiger partial charge is 0.338 e. The van der Waals surface area contributed by atoms with Gasteiger partial charge < -0.3 is 15.8 Å². The fraction of sp³-hybridized carbons (Fsp3) is 0.348. The topological polar surface area (TPSA) is 128 Å². The molecular weight excluding hydrogens is 442 g/mol. The van der Waals surface area contributed by atoms with Gasteiger partial charge in [0.2, 0.25) is 5.91 Å². The second kappa shape index (κ2) is 8.78. The molecule has 0 unspecified atom stereocenters. The summed E-state index contributed by atoms with van der Waals surface area (Å²) < 4.78 is 5.40. The molecule has 2 aromatic heterocycles. The fourth-order valence-electron chi connectivity index (χ4n) is 4.23. The Balaban J connectivity index is 1.25. The Kier molecular flexibility index (Phi) is 5.67. The van der Waals surface area contributed by atoms with Gasteiger partial charge in [-0.05, 0) is 48.9 Å². The molecule has 1 aromatic carbocycles. The highest BCUT2D eigenvalue weighted by Gasteiger charge is 2.28. The SMILES string of the molecule is Nc1nc(COC(=O)c2ccc(CN3C(=O)CNC3=O)cc2)nc2sc3c(c12)CCCCC3. The quantitative estimate of drug-likeness (QED) is 0.337. The Bertz CT molecular complexity index is 1240. The molecule has 0 bridgehead atoms. The van der Waals surface area contributed by atoms with E-state index in [0.717, 1.165) is 39.9 Å². The lowest BCUT2D eigenvalue weighted by molar-refractivity contribution is -0.125. The summed E-state index contributed by atoms with van der Waals surface area (Å²) in [6, 6.07) is 6.17. The van der Waals surface area contributed by atoms with Crippen LogP contribution < -0.4 is 11.1 Å². The fourth-order valence-corrected chi connectivity index (χ4v) is 5.52. The number of benzene rings is 1. The van der Waals surface area contributed by atoms with Gasteiger partial charge in [-0.3, -0.25) is 9.69 Å². The number of carbonyl (C=O) groups is 3. The van der Waals surface area contributed by atoms with Crippen LogP contribution in [-0.4, -0.2) is 39.3 Å². The van der Waals surface area contributed by atoms with Crippen molar-refractivity contribution >= 4 is 45.3 Å². The zero-order valence-electron chi connectivity index (χ0n) is 17.9. The van der Waals surface area contributed by atoms with Gasteiger partial charge in [-0.1, -0.05) is 18.6 Å². The molecule has 1 aliphatic carbocycles. The number of anilines is 1. The number of urea groups is 1. The lowest BCUT2D eigenvalue weighted by atomic mass is 10.1. The Labute approximate surface area is 194 Å². The monoisotopic (exact) mass is 465 g/mol. The van der Waals surface area contributed by atoms with E-state index >= 15 is 0 Å². The van der Waals surface area contributed by atoms with E-state index in [1.807, 2.05) is 0 Å². The second-order valence-electron chi connectivity index (χ2n) is 8.18. The molecule has 170 valence electrons. The van der Waals surface area contributed by atoms with Crippen LogP contribution >= 0.6 is 11.3 Å². The number of nitrogens with zero attached hydrogens (tertiary/aromatic N) is 3. The zero-order valence-corrected chi connectivity index (χ0v) is 18.7. The maximum atomic E-state index is 12.5. The molecule has 2 aliphatic rings. The minimum atomic E-state index is -0.513. The summed E-state index contributed by atoms with van der Waals surface area (Å²) in [4.78, 5) is 48.2. The normalized spacial score (nSPS) is 15.9. The van der Waals surface area contributed by atoms with Crippen molar-refractivity contribution in [2.45, 2.75) is 45.3 Å². The molecule has 9 nitrogen and oxygen atoms in total. The molecule has 10 heteroatoms. The number of aromatic nitrogens is 2. The Morgan fingerprint density at radius 2 is 1.91 bits per heavy atom. The van der Waals surface area contributed by atoms with Crippen LogP contribution in [0.25, 0.3) is 10.2 Å². The van der Waals surface area contributed by atoms with Crippen molar-refractivity contribution in [1.29, 1.82) is 0 Å². The molecule has 3 heterocycles. The largest absolute Gasteiger partial charge is 0.454 e. The van der Waals surface area contributed by atoms with Crippen molar-refractivity contribution in [3.63, 3.8) is 0 Å². The predicted octanol–water partition coefficient (Wildman–Crippen LogP) is 2.95. The van der Waals surface area contributed by atoms with Crippen molar-refractivity contribution in [1.82, 2.24) is 20.2 Å². The molecule has 0 saturated carbocycles. The number of hydrogen-bond donors (Lipinski definition) is 2. The predicted molar refractivity (Wildman–Crippen MR) is 123 cm³/mol. The summed E-state index contributed by atoms with van der Waals surface area (Å²) in [5, 5.41) is 3.43. The standard InChI is InChI=1S/C23H23N5O4S/c24-20-19-15-4-2-1-3-5-16(15)33-21(19)27-17(26-20)12-32-22(30)14-8-6-13(7-9-14)11-28-18(29)10-25-23(28)31/h6-9H,1-5,10-12H2,(H,25,31)(H2,24,26,27). The van der Waals surface area contributed by atoms with Gasteiger partial charge in [0.15, 0.2) is 12.4 Å². The van der Waals surface area contributed by atoms with Crippen molar-refractivity contribution in [3.05, 3.63) is 51.7 Å². The number of fused-ring (bicyclic) bond motifs is 3. The van der Waals surface area contributed by atoms with E-state index in [2.05, 4.69) is 15.3 Å². The van der Waals surface area contributed by atoms with Gasteiger partial charge in [0.05, 0.1) is 24.0 Å². The molecule has 0 spiro atoms. The Morgan fingerprint density at radius 3 is 2.67 bits per heavy atom. The number of ether oxygens (including phenoxy) is 1. The van der Waals surface area contributed by atoms with Gasteiger partial charge in [-0.2, -0.15) is 0 Å². The number of esters is 1. The zero-order chi connectivity index (χ0) is 22.9. The number of carbonyl (C=O) groups excluding carboxylic acids is 3. The third kappa shape index (κ3) is 4.25. The number of hydrogen-bond acceptors (Lipinski definition) is 8. The summed E-state index contributed by atoms with van der Waals surface area (Å²) in [5.41, 5.74) is 8.62. The molecule has 33 heavy (non-hydrogen) atoms. The molecule has 5 rings (SSSR count). The number of nitrogen functional groups attached to an aromatic ring is 1. The lowest BCUT2D eigenvalue weighted by Gasteiger charge is -2.12. The second-order valence-corrected chi connectivity index (χ2v) is 9.26. The number of nitrogens with two attached hydrogens (primary N) is 1. The maximum Gasteiger partial charge on any atom is 0.338 e. The van der Waals surface area contributed by atoms with Crippen LogP contribution in [0.1, 0.15) is 51.4 Å². The summed E-state index contributed by atoms with van der Waals surface area (Å²) >= 11 is 1.66. The highest BCUT2D eigenvalue weighted by Crippen LogP contribution is 2.37. The molecule has 1 aliphatic heterocycles. The van der Waals surface area contributed by atoms with Gasteiger partial charge in [0.25, 0.3) is 0 Å². The van der Waals surface area contributed by atoms with Crippen molar-refractivity contribution in [2.75, 3.05) is 12.3 Å². The third-order valence-electron chi connectivity index (χ3n) is 5.94. The third-order valence-corrected chi connectivity index (χ3v) is 7.12. The lowest BCUT2D eigenvalue weighted by Crippen LogP contribution is -2.30. The van der Waals surface area contributed by atoms with Crippen LogP contribution in [0.3, 0.4) is 0 Å². The van der Waals surface area contributed by atoms with E-state index in [1.54, 1.807) is 35.6 Å². The van der Waals surface area contributed by atoms with Crippen molar-refractivity contribution < 1.29 is 19.1 Å². The summed E-state index contributed by atoms with van der Waals surface area (Å²) in [6.07, 6.45) is 5.61. The van der Waals surface area contributed by atoms with E-state index in [4.69, 9.17) is 10.5 Å². The first-order valence-corrected chi connectivity index (χ1v) is 11.7. The molecule has 1 fully saturated rings. The first kappa shape index (κ1) is 21.3. The van der Waals surface area contributed by atoms with Gasteiger partial charge in [-0.25, -0.2) is 19.6 Å². The molecule has 0 atom stereocenters. The van der Waals surface area contributed by atoms with Crippen LogP contribution in [0.2, 0.25) is 0 Å². The van der Waals surface area contributed by atoms with E-state index in [-0.39, 0.29) is 25.6 Å². The molecule has 3 aromatic rings. The van der Waals surface area contributed by atoms with E-state index in [1.165, 1.54) is 23.3 Å². The van der Waals surface area contributed by atoms with Crippen LogP contribution in [-0.2, 0) is 35.5 Å². The highest BCUT2D eigenvalue weighted by molar-refractivity contribution is 7.19. The summed E-state index contributed by atoms with van der Waals surface area (Å²) in [5.74, 6) is 0.0258. The van der Waals surface area contributed by atoms with Crippen LogP contribution in [0, 0.1) is 0 Å². The average molecular weight is 466 g/mol. The Hall–Kier alpha value is -3.53. The van der Waals surface area contributed by atoms with E-state index in [9.17, 15) is 14.4 Å². The number of amides is 3. The number of imide groups is 1. The van der Waals surface area contributed by atoms with Gasteiger partial charge in [0, 0.05) is 4.88 Å². The average Bonchev–Trinajstić information content (AvgIpc) is 3.22. The highest BCUT2D eigenvalue weighted by atomic mass is 32.1. The number of rotatable bonds is 5. The van der Waals surface area contributed by atoms with Gasteiger partial charge in [-0.15, -0.1) is 11.3 Å². The molecule has 0 radical (unpaired) electrons. The maximum absolute atomic E-state index is 12.5. The summed E-state index contributed by atoms with van der Waals surface area (Å²) in [6.45, 7) is 0.0827. The minimum absolute atomic E-state index is 0.00964. The first-order valence-electron chi connectivity index (χ1n) is 10.9. The number of thiophene rings is 1. The van der Waals surface area contributed by atoms with Crippen LogP contribution in [0.5, 0.6) is 0 Å². The molecule has 3 N–H and O–H groups in total.